The quantitative estimate of drug-likeness (QED) is 0.419. The first-order valence-corrected chi connectivity index (χ1v) is 13.6. The van der Waals surface area contributed by atoms with Crippen LogP contribution in [0, 0.1) is 0 Å². The molecule has 4 rings (SSSR count). The van der Waals surface area contributed by atoms with E-state index < -0.39 is 22.5 Å². The van der Waals surface area contributed by atoms with Crippen LogP contribution in [0.3, 0.4) is 0 Å². The topological polar surface area (TPSA) is 96.0 Å². The Bertz CT molecular complexity index is 1360. The van der Waals surface area contributed by atoms with Crippen LogP contribution in [0.1, 0.15) is 24.0 Å². The fraction of sp³-hybridized carbons (Fsp3) is 0.259. The second-order valence-electron chi connectivity index (χ2n) is 8.68. The van der Waals surface area contributed by atoms with E-state index in [1.54, 1.807) is 36.4 Å². The third kappa shape index (κ3) is 6.61. The highest BCUT2D eigenvalue weighted by atomic mass is 35.5. The van der Waals surface area contributed by atoms with Gasteiger partial charge in [-0.05, 0) is 66.1 Å². The van der Waals surface area contributed by atoms with E-state index in [9.17, 15) is 18.0 Å². The van der Waals surface area contributed by atoms with Gasteiger partial charge in [0.2, 0.25) is 11.8 Å². The summed E-state index contributed by atoms with van der Waals surface area (Å²) in [7, 11) is -2.56. The van der Waals surface area contributed by atoms with Crippen molar-refractivity contribution in [1.82, 2.24) is 10.2 Å². The van der Waals surface area contributed by atoms with Crippen molar-refractivity contribution >= 4 is 39.1 Å². The number of carbonyl (C=O) groups is 2. The third-order valence-electron chi connectivity index (χ3n) is 6.08. The molecular formula is C27H28ClN3O5S. The van der Waals surface area contributed by atoms with Gasteiger partial charge in [-0.3, -0.25) is 13.9 Å². The first-order chi connectivity index (χ1) is 17.8. The van der Waals surface area contributed by atoms with Gasteiger partial charge < -0.3 is 15.0 Å². The van der Waals surface area contributed by atoms with Crippen molar-refractivity contribution in [2.45, 2.75) is 30.8 Å². The van der Waals surface area contributed by atoms with E-state index in [0.717, 1.165) is 28.4 Å². The van der Waals surface area contributed by atoms with Gasteiger partial charge in [0, 0.05) is 31.1 Å². The summed E-state index contributed by atoms with van der Waals surface area (Å²) >= 11 is 6.00. The van der Waals surface area contributed by atoms with Crippen molar-refractivity contribution in [3.63, 3.8) is 0 Å². The molecule has 194 valence electrons. The van der Waals surface area contributed by atoms with Crippen molar-refractivity contribution in [2.24, 2.45) is 0 Å². The molecule has 1 fully saturated rings. The zero-order chi connectivity index (χ0) is 26.4. The number of likely N-dealkylation sites (tertiary alicyclic amines) is 1. The Kier molecular flexibility index (Phi) is 8.35. The Morgan fingerprint density at radius 3 is 2.41 bits per heavy atom. The first-order valence-electron chi connectivity index (χ1n) is 11.8. The van der Waals surface area contributed by atoms with E-state index in [-0.39, 0.29) is 17.3 Å². The van der Waals surface area contributed by atoms with Crippen LogP contribution in [0.4, 0.5) is 5.69 Å². The minimum atomic E-state index is -4.06. The van der Waals surface area contributed by atoms with Crippen LogP contribution in [-0.2, 0) is 32.7 Å². The number of hydrogen-bond acceptors (Lipinski definition) is 5. The standard InChI is InChI=1S/C27H28ClN3O5S/c1-36-24-11-13-25(14-12-24)37(34,35)31(23-9-7-22(28)8-10-23)19-26(32)29-17-20-4-2-5-21(16-20)18-30-15-3-6-27(30)33/h2,4-5,7-14,16H,3,6,15,17-19H2,1H3,(H,29,32). The Morgan fingerprint density at radius 1 is 1.05 bits per heavy atom. The number of hydrogen-bond donors (Lipinski definition) is 1. The van der Waals surface area contributed by atoms with Crippen molar-refractivity contribution in [2.75, 3.05) is 24.5 Å². The maximum absolute atomic E-state index is 13.5. The SMILES string of the molecule is COc1ccc(S(=O)(=O)N(CC(=O)NCc2cccc(CN3CCCC3=O)c2)c2ccc(Cl)cc2)cc1. The molecule has 0 atom stereocenters. The monoisotopic (exact) mass is 541 g/mol. The second kappa shape index (κ2) is 11.7. The molecule has 0 aliphatic carbocycles. The van der Waals surface area contributed by atoms with E-state index in [4.69, 9.17) is 16.3 Å². The van der Waals surface area contributed by atoms with Gasteiger partial charge in [-0.15, -0.1) is 0 Å². The van der Waals surface area contributed by atoms with Gasteiger partial charge in [0.15, 0.2) is 0 Å². The number of benzene rings is 3. The smallest absolute Gasteiger partial charge is 0.264 e. The molecule has 1 heterocycles. The van der Waals surface area contributed by atoms with Crippen LogP contribution in [0.15, 0.2) is 77.7 Å². The van der Waals surface area contributed by atoms with Gasteiger partial charge in [0.25, 0.3) is 10.0 Å². The van der Waals surface area contributed by atoms with Crippen LogP contribution in [0.2, 0.25) is 5.02 Å². The lowest BCUT2D eigenvalue weighted by atomic mass is 10.1. The Morgan fingerprint density at radius 2 is 1.76 bits per heavy atom. The maximum Gasteiger partial charge on any atom is 0.264 e. The van der Waals surface area contributed by atoms with Crippen LogP contribution < -0.4 is 14.4 Å². The number of ether oxygens (including phenoxy) is 1. The molecule has 1 aliphatic heterocycles. The number of nitrogens with one attached hydrogen (secondary N) is 1. The van der Waals surface area contributed by atoms with Crippen molar-refractivity contribution < 1.29 is 22.7 Å². The highest BCUT2D eigenvalue weighted by Gasteiger charge is 2.27. The molecule has 8 nitrogen and oxygen atoms in total. The van der Waals surface area contributed by atoms with Gasteiger partial charge in [0.05, 0.1) is 17.7 Å². The van der Waals surface area contributed by atoms with E-state index in [2.05, 4.69) is 5.32 Å². The maximum atomic E-state index is 13.5. The number of rotatable bonds is 10. The summed E-state index contributed by atoms with van der Waals surface area (Å²) in [4.78, 5) is 26.7. The normalized spacial score (nSPS) is 13.5. The summed E-state index contributed by atoms with van der Waals surface area (Å²) in [6, 6.07) is 19.9. The number of anilines is 1. The van der Waals surface area contributed by atoms with E-state index >= 15 is 0 Å². The minimum absolute atomic E-state index is 0.0280. The van der Waals surface area contributed by atoms with Gasteiger partial charge in [-0.1, -0.05) is 35.9 Å². The molecule has 0 unspecified atom stereocenters. The molecule has 0 radical (unpaired) electrons. The molecule has 0 bridgehead atoms. The van der Waals surface area contributed by atoms with Crippen molar-refractivity contribution in [3.8, 4) is 5.75 Å². The number of sulfonamides is 1. The lowest BCUT2D eigenvalue weighted by Gasteiger charge is -2.24. The number of amides is 2. The summed E-state index contributed by atoms with van der Waals surface area (Å²) in [6.45, 7) is 1.09. The summed E-state index contributed by atoms with van der Waals surface area (Å²) in [5.41, 5.74) is 2.15. The molecule has 0 saturated carbocycles. The molecule has 37 heavy (non-hydrogen) atoms. The molecule has 1 saturated heterocycles. The number of nitrogens with zero attached hydrogens (tertiary/aromatic N) is 2. The average molecular weight is 542 g/mol. The molecule has 3 aromatic carbocycles. The summed E-state index contributed by atoms with van der Waals surface area (Å²) in [6.07, 6.45) is 1.46. The van der Waals surface area contributed by atoms with Gasteiger partial charge in [-0.2, -0.15) is 0 Å². The predicted octanol–water partition coefficient (Wildman–Crippen LogP) is 3.98. The highest BCUT2D eigenvalue weighted by Crippen LogP contribution is 2.26. The lowest BCUT2D eigenvalue weighted by molar-refractivity contribution is -0.128. The van der Waals surface area contributed by atoms with Crippen LogP contribution in [0.5, 0.6) is 5.75 Å². The van der Waals surface area contributed by atoms with Crippen LogP contribution in [-0.4, -0.2) is 45.3 Å². The van der Waals surface area contributed by atoms with Crippen molar-refractivity contribution in [1.29, 1.82) is 0 Å². The predicted molar refractivity (Wildman–Crippen MR) is 142 cm³/mol. The fourth-order valence-corrected chi connectivity index (χ4v) is 5.66. The zero-order valence-electron chi connectivity index (χ0n) is 20.4. The van der Waals surface area contributed by atoms with Crippen molar-refractivity contribution in [3.05, 3.63) is 88.9 Å². The Balaban J connectivity index is 1.48. The molecular weight excluding hydrogens is 514 g/mol. The van der Waals surface area contributed by atoms with E-state index in [0.29, 0.717) is 29.4 Å². The fourth-order valence-electron chi connectivity index (χ4n) is 4.11. The molecule has 0 spiro atoms. The van der Waals surface area contributed by atoms with Gasteiger partial charge in [-0.25, -0.2) is 8.42 Å². The molecule has 1 aliphatic rings. The van der Waals surface area contributed by atoms with Gasteiger partial charge in [0.1, 0.15) is 12.3 Å². The Hall–Kier alpha value is -3.56. The summed E-state index contributed by atoms with van der Waals surface area (Å²) in [5.74, 6) is 0.206. The third-order valence-corrected chi connectivity index (χ3v) is 8.12. The Labute approximate surface area is 221 Å². The molecule has 10 heteroatoms. The average Bonchev–Trinajstić information content (AvgIpc) is 3.30. The molecule has 1 N–H and O–H groups in total. The van der Waals surface area contributed by atoms with Gasteiger partial charge >= 0.3 is 0 Å². The largest absolute Gasteiger partial charge is 0.497 e. The second-order valence-corrected chi connectivity index (χ2v) is 11.0. The first kappa shape index (κ1) is 26.5. The molecule has 2 amide bonds. The number of methoxy groups -OCH3 is 1. The summed E-state index contributed by atoms with van der Waals surface area (Å²) in [5, 5.41) is 3.26. The highest BCUT2D eigenvalue weighted by molar-refractivity contribution is 7.92. The zero-order valence-corrected chi connectivity index (χ0v) is 22.0. The molecule has 0 aromatic heterocycles. The number of carbonyl (C=O) groups excluding carboxylic acids is 2. The van der Waals surface area contributed by atoms with Crippen LogP contribution in [0.25, 0.3) is 0 Å². The number of halogens is 1. The van der Waals surface area contributed by atoms with Crippen LogP contribution >= 0.6 is 11.6 Å². The summed E-state index contributed by atoms with van der Waals surface area (Å²) < 4.78 is 33.2. The molecule has 3 aromatic rings. The minimum Gasteiger partial charge on any atom is -0.497 e. The lowest BCUT2D eigenvalue weighted by Crippen LogP contribution is -2.40. The van der Waals surface area contributed by atoms with E-state index in [1.807, 2.05) is 29.2 Å². The van der Waals surface area contributed by atoms with E-state index in [1.165, 1.54) is 19.2 Å².